The molecule has 0 aromatic heterocycles. The van der Waals surface area contributed by atoms with Crippen molar-refractivity contribution in [2.75, 3.05) is 6.61 Å². The van der Waals surface area contributed by atoms with Gasteiger partial charge in [0.05, 0.1) is 6.10 Å². The Kier molecular flexibility index (Phi) is 12.3. The van der Waals surface area contributed by atoms with Crippen LogP contribution in [-0.2, 0) is 38.1 Å². The minimum Gasteiger partial charge on any atom is -0.463 e. The van der Waals surface area contributed by atoms with Gasteiger partial charge in [-0.05, 0) is 36.7 Å². The molecule has 5 rings (SSSR count). The van der Waals surface area contributed by atoms with Crippen molar-refractivity contribution < 1.29 is 38.1 Å². The Labute approximate surface area is 277 Å². The van der Waals surface area contributed by atoms with E-state index in [2.05, 4.69) is 30.3 Å². The molecule has 1 saturated heterocycles. The molecule has 3 aromatic rings. The molecule has 2 fully saturated rings. The van der Waals surface area contributed by atoms with Crippen LogP contribution in [-0.4, -0.2) is 67.5 Å². The third-order valence-electron chi connectivity index (χ3n) is 8.14. The Morgan fingerprint density at radius 3 is 1.94 bits per heavy atom. The number of aliphatic imine (C=N–C) groups is 1. The predicted octanol–water partition coefficient (Wildman–Crippen LogP) is 4.73. The van der Waals surface area contributed by atoms with Crippen molar-refractivity contribution in [1.82, 2.24) is 0 Å². The molecule has 2 aliphatic rings. The van der Waals surface area contributed by atoms with Crippen molar-refractivity contribution in [3.8, 4) is 0 Å². The summed E-state index contributed by atoms with van der Waals surface area (Å²) in [4.78, 5) is 41.6. The number of ether oxygens (including phenoxy) is 5. The molecule has 9 nitrogen and oxygen atoms in total. The number of carbonyl (C=O) groups excluding carboxylic acids is 3. The first kappa shape index (κ1) is 34.4. The highest BCUT2D eigenvalue weighted by molar-refractivity contribution is 7.80. The van der Waals surface area contributed by atoms with Crippen molar-refractivity contribution >= 4 is 48.0 Å². The van der Waals surface area contributed by atoms with E-state index in [-0.39, 0.29) is 12.7 Å². The average molecular weight is 660 g/mol. The third-order valence-corrected chi connectivity index (χ3v) is 10.7. The van der Waals surface area contributed by atoms with Gasteiger partial charge in [0, 0.05) is 32.5 Å². The lowest BCUT2D eigenvalue weighted by Gasteiger charge is -2.44. The lowest BCUT2D eigenvalue weighted by molar-refractivity contribution is -0.285. The van der Waals surface area contributed by atoms with Gasteiger partial charge in [-0.1, -0.05) is 104 Å². The molecule has 0 unspecified atom stereocenters. The molecule has 0 N–H and O–H groups in total. The monoisotopic (exact) mass is 659 g/mol. The summed E-state index contributed by atoms with van der Waals surface area (Å²) >= 11 is 0. The lowest BCUT2D eigenvalue weighted by Crippen LogP contribution is -2.61. The number of carbonyl (C=O) groups is 3. The zero-order valence-corrected chi connectivity index (χ0v) is 27.9. The summed E-state index contributed by atoms with van der Waals surface area (Å²) in [5, 5.41) is 3.48. The smallest absolute Gasteiger partial charge is 0.303 e. The molecule has 0 radical (unpaired) electrons. The van der Waals surface area contributed by atoms with E-state index in [1.54, 1.807) is 6.21 Å². The highest BCUT2D eigenvalue weighted by atomic mass is 31.1. The summed E-state index contributed by atoms with van der Waals surface area (Å²) in [5.41, 5.74) is 0.885. The maximum Gasteiger partial charge on any atom is 0.303 e. The van der Waals surface area contributed by atoms with Gasteiger partial charge in [-0.25, -0.2) is 0 Å². The molecular formula is C37H42NO8P. The molecule has 1 heterocycles. The van der Waals surface area contributed by atoms with Crippen molar-refractivity contribution in [2.45, 2.75) is 89.6 Å². The highest BCUT2D eigenvalue weighted by Gasteiger charge is 2.51. The van der Waals surface area contributed by atoms with Crippen molar-refractivity contribution in [2.24, 2.45) is 4.99 Å². The van der Waals surface area contributed by atoms with E-state index in [4.69, 9.17) is 28.7 Å². The van der Waals surface area contributed by atoms with E-state index in [0.29, 0.717) is 0 Å². The minimum absolute atomic E-state index is 0.0830. The molecule has 47 heavy (non-hydrogen) atoms. The van der Waals surface area contributed by atoms with Crippen LogP contribution < -0.4 is 15.9 Å². The highest BCUT2D eigenvalue weighted by Crippen LogP contribution is 2.35. The molecule has 10 heteroatoms. The summed E-state index contributed by atoms with van der Waals surface area (Å²) in [6.07, 6.45) is 2.55. The first-order valence-corrected chi connectivity index (χ1v) is 17.5. The predicted molar refractivity (Wildman–Crippen MR) is 181 cm³/mol. The molecule has 0 spiro atoms. The van der Waals surface area contributed by atoms with Gasteiger partial charge in [0.25, 0.3) is 0 Å². The normalized spacial score (nSPS) is 23.4. The van der Waals surface area contributed by atoms with Gasteiger partial charge >= 0.3 is 17.9 Å². The Morgan fingerprint density at radius 2 is 1.34 bits per heavy atom. The van der Waals surface area contributed by atoms with E-state index in [9.17, 15) is 14.4 Å². The Balaban J connectivity index is 1.56. The Bertz CT molecular complexity index is 1470. The number of hydrogen-bond acceptors (Lipinski definition) is 9. The first-order chi connectivity index (χ1) is 22.8. The molecule has 0 amide bonds. The second-order valence-corrected chi connectivity index (χ2v) is 13.9. The molecule has 1 aliphatic heterocycles. The minimum atomic E-state index is -1.09. The van der Waals surface area contributed by atoms with Crippen LogP contribution in [0.4, 0.5) is 0 Å². The maximum absolute atomic E-state index is 12.5. The van der Waals surface area contributed by atoms with Crippen molar-refractivity contribution in [3.05, 3.63) is 90.5 Å². The zero-order chi connectivity index (χ0) is 33.2. The first-order valence-electron chi connectivity index (χ1n) is 16.1. The Hall–Kier alpha value is -3.91. The third kappa shape index (κ3) is 9.34. The van der Waals surface area contributed by atoms with Crippen LogP contribution in [0.15, 0.2) is 89.9 Å². The van der Waals surface area contributed by atoms with Crippen LogP contribution in [0.5, 0.6) is 0 Å². The molecular weight excluding hydrogens is 617 g/mol. The SMILES string of the molecule is CC(=O)OC[C@H]1O[C@@H](OC2CCCCC2)[C@H](N=Cc2ccccc2P(c2ccccc2)c2ccccc2)[C@@H](OC(C)=O)[C@@H]1OC(C)=O. The fraction of sp³-hybridized carbons (Fsp3) is 0.405. The summed E-state index contributed by atoms with van der Waals surface area (Å²) in [5.74, 6) is -1.69. The van der Waals surface area contributed by atoms with Crippen LogP contribution in [0.2, 0.25) is 0 Å². The van der Waals surface area contributed by atoms with Gasteiger partial charge in [0.1, 0.15) is 18.8 Å². The van der Waals surface area contributed by atoms with Gasteiger partial charge < -0.3 is 23.7 Å². The molecule has 0 bridgehead atoms. The number of rotatable bonds is 11. The van der Waals surface area contributed by atoms with Gasteiger partial charge in [0.2, 0.25) is 0 Å². The topological polar surface area (TPSA) is 110 Å². The maximum atomic E-state index is 12.5. The van der Waals surface area contributed by atoms with Crippen LogP contribution in [0.25, 0.3) is 0 Å². The fourth-order valence-corrected chi connectivity index (χ4v) is 8.51. The fourth-order valence-electron chi connectivity index (χ4n) is 6.09. The van der Waals surface area contributed by atoms with Crippen molar-refractivity contribution in [1.29, 1.82) is 0 Å². The molecule has 1 saturated carbocycles. The second-order valence-electron chi connectivity index (χ2n) is 11.7. The summed E-state index contributed by atoms with van der Waals surface area (Å²) in [6.45, 7) is 3.63. The van der Waals surface area contributed by atoms with Gasteiger partial charge in [0.15, 0.2) is 18.5 Å². The zero-order valence-electron chi connectivity index (χ0n) is 27.0. The largest absolute Gasteiger partial charge is 0.463 e. The van der Waals surface area contributed by atoms with Crippen LogP contribution >= 0.6 is 7.92 Å². The summed E-state index contributed by atoms with van der Waals surface area (Å²) in [7, 11) is -0.942. The van der Waals surface area contributed by atoms with E-state index >= 15 is 0 Å². The molecule has 5 atom stereocenters. The standard InChI is InChI=1S/C37H42NO8P/c1-25(39)42-24-32-35(43-26(2)40)36(44-27(3)41)34(37(46-32)45-29-16-7-4-8-17-29)38-23-28-15-13-14-22-33(28)47(30-18-9-5-10-19-30)31-20-11-6-12-21-31/h5-6,9-15,18-23,29,32,34-37H,4,7-8,16-17,24H2,1-3H3/t32-,34-,35-,36-,37-/m1/s1. The van der Waals surface area contributed by atoms with E-state index in [0.717, 1.165) is 43.0 Å². The molecule has 3 aromatic carbocycles. The summed E-state index contributed by atoms with van der Waals surface area (Å²) < 4.78 is 29.8. The average Bonchev–Trinajstić information content (AvgIpc) is 3.06. The van der Waals surface area contributed by atoms with Crippen LogP contribution in [0, 0.1) is 0 Å². The van der Waals surface area contributed by atoms with Gasteiger partial charge in [-0.15, -0.1) is 0 Å². The van der Waals surface area contributed by atoms with E-state index < -0.39 is 56.5 Å². The van der Waals surface area contributed by atoms with E-state index in [1.807, 2.05) is 54.6 Å². The Morgan fingerprint density at radius 1 is 0.766 bits per heavy atom. The number of nitrogens with zero attached hydrogens (tertiary/aromatic N) is 1. The lowest BCUT2D eigenvalue weighted by atomic mass is 9.95. The van der Waals surface area contributed by atoms with Gasteiger partial charge in [-0.2, -0.15) is 0 Å². The number of esters is 3. The van der Waals surface area contributed by atoms with E-state index in [1.165, 1.54) is 31.4 Å². The van der Waals surface area contributed by atoms with Crippen LogP contribution in [0.1, 0.15) is 58.4 Å². The number of hydrogen-bond donors (Lipinski definition) is 0. The second kappa shape index (κ2) is 16.8. The molecule has 1 aliphatic carbocycles. The van der Waals surface area contributed by atoms with Crippen LogP contribution in [0.3, 0.4) is 0 Å². The van der Waals surface area contributed by atoms with Gasteiger partial charge in [-0.3, -0.25) is 19.4 Å². The van der Waals surface area contributed by atoms with Crippen molar-refractivity contribution in [3.63, 3.8) is 0 Å². The number of benzene rings is 3. The quantitative estimate of drug-likeness (QED) is 0.126. The summed E-state index contributed by atoms with van der Waals surface area (Å²) in [6, 6.07) is 28.0. The molecule has 248 valence electrons.